The van der Waals surface area contributed by atoms with E-state index in [-0.39, 0.29) is 11.7 Å². The highest BCUT2D eigenvalue weighted by molar-refractivity contribution is 7.89. The summed E-state index contributed by atoms with van der Waals surface area (Å²) in [7, 11) is -3.70. The van der Waals surface area contributed by atoms with Crippen LogP contribution in [0.25, 0.3) is 10.9 Å². The smallest absolute Gasteiger partial charge is 0.246 e. The van der Waals surface area contributed by atoms with E-state index in [4.69, 9.17) is 14.2 Å². The number of fused-ring (bicyclic) bond motifs is 2. The Labute approximate surface area is 162 Å². The highest BCUT2D eigenvalue weighted by Crippen LogP contribution is 2.37. The van der Waals surface area contributed by atoms with E-state index in [9.17, 15) is 8.42 Å². The third kappa shape index (κ3) is 2.94. The van der Waals surface area contributed by atoms with E-state index in [1.165, 1.54) is 4.31 Å². The second-order valence-electron chi connectivity index (χ2n) is 6.70. The first-order valence-corrected chi connectivity index (χ1v) is 10.5. The van der Waals surface area contributed by atoms with E-state index in [1.54, 1.807) is 42.6 Å². The lowest BCUT2D eigenvalue weighted by Crippen LogP contribution is -2.38. The molecule has 3 heterocycles. The van der Waals surface area contributed by atoms with E-state index in [2.05, 4.69) is 4.98 Å². The molecule has 2 aromatic carbocycles. The van der Waals surface area contributed by atoms with Crippen molar-refractivity contribution < 1.29 is 22.6 Å². The molecule has 0 aliphatic carbocycles. The summed E-state index contributed by atoms with van der Waals surface area (Å²) >= 11 is 0. The molecule has 2 aliphatic heterocycles. The van der Waals surface area contributed by atoms with Gasteiger partial charge in [0.05, 0.1) is 10.4 Å². The Bertz CT molecular complexity index is 1150. The van der Waals surface area contributed by atoms with Crippen LogP contribution >= 0.6 is 0 Å². The Morgan fingerprint density at radius 3 is 2.89 bits per heavy atom. The van der Waals surface area contributed by atoms with Gasteiger partial charge in [0.1, 0.15) is 5.75 Å². The first-order chi connectivity index (χ1) is 13.6. The average molecular weight is 398 g/mol. The second kappa shape index (κ2) is 6.65. The molecule has 7 nitrogen and oxygen atoms in total. The molecule has 0 bridgehead atoms. The number of aromatic nitrogens is 1. The molecule has 0 amide bonds. The summed E-state index contributed by atoms with van der Waals surface area (Å²) in [5, 5.41) is 0.899. The molecule has 144 valence electrons. The number of sulfonamides is 1. The molecular weight excluding hydrogens is 380 g/mol. The summed E-state index contributed by atoms with van der Waals surface area (Å²) in [5.74, 6) is 1.81. The van der Waals surface area contributed by atoms with Gasteiger partial charge in [-0.1, -0.05) is 12.1 Å². The highest BCUT2D eigenvalue weighted by Gasteiger charge is 2.37. The van der Waals surface area contributed by atoms with Crippen LogP contribution in [0.1, 0.15) is 12.8 Å². The predicted octanol–water partition coefficient (Wildman–Crippen LogP) is 3.15. The zero-order valence-corrected chi connectivity index (χ0v) is 15.8. The molecule has 0 unspecified atom stereocenters. The van der Waals surface area contributed by atoms with Crippen molar-refractivity contribution in [2.45, 2.75) is 24.0 Å². The van der Waals surface area contributed by atoms with Crippen LogP contribution in [0.5, 0.6) is 17.2 Å². The van der Waals surface area contributed by atoms with Gasteiger partial charge in [0.15, 0.2) is 17.7 Å². The van der Waals surface area contributed by atoms with Gasteiger partial charge >= 0.3 is 0 Å². The molecule has 1 aromatic heterocycles. The van der Waals surface area contributed by atoms with Crippen LogP contribution in [0.4, 0.5) is 0 Å². The molecule has 5 rings (SSSR count). The Morgan fingerprint density at radius 1 is 1.07 bits per heavy atom. The first-order valence-electron chi connectivity index (χ1n) is 9.04. The minimum atomic E-state index is -3.70. The number of benzene rings is 2. The molecule has 0 saturated carbocycles. The summed E-state index contributed by atoms with van der Waals surface area (Å²) < 4.78 is 44.6. The molecular formula is C20H18N2O5S. The molecule has 1 fully saturated rings. The van der Waals surface area contributed by atoms with Crippen LogP contribution < -0.4 is 14.2 Å². The van der Waals surface area contributed by atoms with Crippen LogP contribution in [0.3, 0.4) is 0 Å². The number of rotatable bonds is 4. The molecule has 0 spiro atoms. The number of nitrogens with zero attached hydrogens (tertiary/aromatic N) is 2. The van der Waals surface area contributed by atoms with Crippen molar-refractivity contribution in [2.75, 3.05) is 13.3 Å². The third-order valence-electron chi connectivity index (χ3n) is 4.95. The van der Waals surface area contributed by atoms with Crippen molar-refractivity contribution in [1.82, 2.24) is 9.29 Å². The van der Waals surface area contributed by atoms with Gasteiger partial charge < -0.3 is 14.2 Å². The average Bonchev–Trinajstić information content (AvgIpc) is 3.37. The largest absolute Gasteiger partial charge is 0.474 e. The van der Waals surface area contributed by atoms with Crippen LogP contribution in [-0.2, 0) is 10.0 Å². The summed E-state index contributed by atoms with van der Waals surface area (Å²) in [5.41, 5.74) is 0.649. The summed E-state index contributed by atoms with van der Waals surface area (Å²) in [4.78, 5) is 4.48. The van der Waals surface area contributed by atoms with Gasteiger partial charge in [-0.25, -0.2) is 8.42 Å². The fourth-order valence-electron chi connectivity index (χ4n) is 3.55. The van der Waals surface area contributed by atoms with E-state index in [0.717, 1.165) is 11.8 Å². The van der Waals surface area contributed by atoms with Gasteiger partial charge in [0, 0.05) is 30.6 Å². The Morgan fingerprint density at radius 2 is 1.96 bits per heavy atom. The van der Waals surface area contributed by atoms with Gasteiger partial charge in [-0.15, -0.1) is 0 Å². The lowest BCUT2D eigenvalue weighted by molar-refractivity contribution is 0.120. The number of hydrogen-bond acceptors (Lipinski definition) is 6. The van der Waals surface area contributed by atoms with Crippen molar-refractivity contribution in [1.29, 1.82) is 0 Å². The van der Waals surface area contributed by atoms with Gasteiger partial charge in [0.2, 0.25) is 16.8 Å². The van der Waals surface area contributed by atoms with E-state index >= 15 is 0 Å². The highest BCUT2D eigenvalue weighted by atomic mass is 32.2. The van der Waals surface area contributed by atoms with Crippen LogP contribution in [0.2, 0.25) is 0 Å². The van der Waals surface area contributed by atoms with Gasteiger partial charge in [-0.05, 0) is 36.8 Å². The molecule has 28 heavy (non-hydrogen) atoms. The molecule has 0 radical (unpaired) electrons. The molecule has 8 heteroatoms. The zero-order chi connectivity index (χ0) is 19.1. The zero-order valence-electron chi connectivity index (χ0n) is 14.9. The summed E-state index contributed by atoms with van der Waals surface area (Å²) in [6.07, 6.45) is 2.45. The third-order valence-corrected chi connectivity index (χ3v) is 6.84. The number of pyridine rings is 1. The minimum absolute atomic E-state index is 0.179. The lowest BCUT2D eigenvalue weighted by Gasteiger charge is -2.25. The Hall–Kier alpha value is -2.84. The SMILES string of the molecule is O=S(=O)(c1ccc2cccnc2c1)N1CCC[C@@H]1Oc1ccc2c(c1)OCO2. The van der Waals surface area contributed by atoms with E-state index in [1.807, 2.05) is 12.1 Å². The Kier molecular flexibility index (Phi) is 4.10. The molecule has 1 atom stereocenters. The molecule has 0 N–H and O–H groups in total. The van der Waals surface area contributed by atoms with Crippen molar-refractivity contribution in [3.05, 3.63) is 54.7 Å². The Balaban J connectivity index is 1.43. The monoisotopic (exact) mass is 398 g/mol. The van der Waals surface area contributed by atoms with Crippen LogP contribution in [-0.4, -0.2) is 37.3 Å². The lowest BCUT2D eigenvalue weighted by atomic mass is 10.2. The number of hydrogen-bond donors (Lipinski definition) is 0. The normalized spacial score (nSPS) is 19.2. The predicted molar refractivity (Wildman–Crippen MR) is 102 cm³/mol. The number of ether oxygens (including phenoxy) is 3. The van der Waals surface area contributed by atoms with E-state index < -0.39 is 16.3 Å². The van der Waals surface area contributed by atoms with Crippen molar-refractivity contribution >= 4 is 20.9 Å². The van der Waals surface area contributed by atoms with Crippen molar-refractivity contribution in [3.63, 3.8) is 0 Å². The van der Waals surface area contributed by atoms with E-state index in [0.29, 0.717) is 35.7 Å². The van der Waals surface area contributed by atoms with Crippen molar-refractivity contribution in [3.8, 4) is 17.2 Å². The summed E-state index contributed by atoms with van der Waals surface area (Å²) in [6.45, 7) is 0.594. The van der Waals surface area contributed by atoms with Crippen LogP contribution in [0, 0.1) is 0 Å². The fraction of sp³-hybridized carbons (Fsp3) is 0.250. The van der Waals surface area contributed by atoms with Crippen molar-refractivity contribution in [2.24, 2.45) is 0 Å². The topological polar surface area (TPSA) is 78.0 Å². The molecule has 3 aromatic rings. The molecule has 1 saturated heterocycles. The minimum Gasteiger partial charge on any atom is -0.474 e. The quantitative estimate of drug-likeness (QED) is 0.672. The standard InChI is InChI=1S/C20H18N2O5S/c23-28(24,16-7-5-14-3-1-9-21-17(14)12-16)22-10-2-4-20(22)27-15-6-8-18-19(11-15)26-13-25-18/h1,3,5-9,11-12,20H,2,4,10,13H2/t20-/m0/s1. The van der Waals surface area contributed by atoms with Crippen LogP contribution in [0.15, 0.2) is 59.6 Å². The maximum atomic E-state index is 13.2. The summed E-state index contributed by atoms with van der Waals surface area (Å²) in [6, 6.07) is 14.0. The van der Waals surface area contributed by atoms with Gasteiger partial charge in [-0.3, -0.25) is 4.98 Å². The maximum absolute atomic E-state index is 13.2. The first kappa shape index (κ1) is 17.3. The van der Waals surface area contributed by atoms with Gasteiger partial charge in [0.25, 0.3) is 0 Å². The fourth-order valence-corrected chi connectivity index (χ4v) is 5.15. The maximum Gasteiger partial charge on any atom is 0.246 e. The van der Waals surface area contributed by atoms with Gasteiger partial charge in [-0.2, -0.15) is 4.31 Å². The molecule has 2 aliphatic rings. The second-order valence-corrected chi connectivity index (χ2v) is 8.59.